The Morgan fingerprint density at radius 2 is 2.06 bits per heavy atom. The van der Waals surface area contributed by atoms with E-state index in [2.05, 4.69) is 34.7 Å². The third-order valence-corrected chi connectivity index (χ3v) is 2.82. The molecule has 17 heavy (non-hydrogen) atoms. The first-order valence-electron chi connectivity index (χ1n) is 6.01. The van der Waals surface area contributed by atoms with Gasteiger partial charge in [-0.25, -0.2) is 5.01 Å². The maximum Gasteiger partial charge on any atom is 0.0713 e. The summed E-state index contributed by atoms with van der Waals surface area (Å²) >= 11 is 0. The molecule has 4 heteroatoms. The fourth-order valence-electron chi connectivity index (χ4n) is 1.92. The third kappa shape index (κ3) is 4.09. The van der Waals surface area contributed by atoms with Crippen LogP contribution in [0.1, 0.15) is 11.1 Å². The molecule has 0 bridgehead atoms. The standard InChI is InChI=1S/C13H20N2O2/c1-16-11-13-4-2-3-12(9-13)10-14-15-5-7-17-8-6-15/h2-4,9,14H,5-8,10-11H2,1H3. The molecular formula is C13H20N2O2. The van der Waals surface area contributed by atoms with Gasteiger partial charge >= 0.3 is 0 Å². The van der Waals surface area contributed by atoms with Gasteiger partial charge in [0.15, 0.2) is 0 Å². The minimum absolute atomic E-state index is 0.672. The molecule has 94 valence electrons. The minimum atomic E-state index is 0.672. The van der Waals surface area contributed by atoms with Crippen LogP contribution in [0.4, 0.5) is 0 Å². The summed E-state index contributed by atoms with van der Waals surface area (Å²) in [4.78, 5) is 0. The molecule has 1 N–H and O–H groups in total. The van der Waals surface area contributed by atoms with E-state index in [4.69, 9.17) is 9.47 Å². The summed E-state index contributed by atoms with van der Waals surface area (Å²) in [6.07, 6.45) is 0. The van der Waals surface area contributed by atoms with Crippen LogP contribution >= 0.6 is 0 Å². The summed E-state index contributed by atoms with van der Waals surface area (Å²) in [6.45, 7) is 5.08. The molecule has 0 atom stereocenters. The maximum absolute atomic E-state index is 5.30. The van der Waals surface area contributed by atoms with E-state index < -0.39 is 0 Å². The van der Waals surface area contributed by atoms with Crippen molar-refractivity contribution in [2.24, 2.45) is 0 Å². The number of rotatable bonds is 5. The molecule has 1 aliphatic heterocycles. The molecular weight excluding hydrogens is 216 g/mol. The van der Waals surface area contributed by atoms with Crippen molar-refractivity contribution < 1.29 is 9.47 Å². The molecule has 2 rings (SSSR count). The predicted molar refractivity (Wildman–Crippen MR) is 66.4 cm³/mol. The number of nitrogens with zero attached hydrogens (tertiary/aromatic N) is 1. The number of benzene rings is 1. The minimum Gasteiger partial charge on any atom is -0.380 e. The van der Waals surface area contributed by atoms with E-state index in [1.54, 1.807) is 7.11 Å². The number of nitrogens with one attached hydrogen (secondary N) is 1. The van der Waals surface area contributed by atoms with Gasteiger partial charge in [0.05, 0.1) is 19.8 Å². The van der Waals surface area contributed by atoms with Crippen LogP contribution in [-0.2, 0) is 22.6 Å². The van der Waals surface area contributed by atoms with Gasteiger partial charge in [-0.2, -0.15) is 0 Å². The fourth-order valence-corrected chi connectivity index (χ4v) is 1.92. The van der Waals surface area contributed by atoms with Crippen LogP contribution in [0.15, 0.2) is 24.3 Å². The smallest absolute Gasteiger partial charge is 0.0713 e. The maximum atomic E-state index is 5.30. The van der Waals surface area contributed by atoms with E-state index in [9.17, 15) is 0 Å². The van der Waals surface area contributed by atoms with Gasteiger partial charge in [0.25, 0.3) is 0 Å². The van der Waals surface area contributed by atoms with Gasteiger partial charge in [0, 0.05) is 26.7 Å². The van der Waals surface area contributed by atoms with Gasteiger partial charge in [0.2, 0.25) is 0 Å². The van der Waals surface area contributed by atoms with Crippen molar-refractivity contribution >= 4 is 0 Å². The first-order valence-corrected chi connectivity index (χ1v) is 6.01. The normalized spacial score (nSPS) is 17.2. The summed E-state index contributed by atoms with van der Waals surface area (Å²) in [5.41, 5.74) is 5.92. The second kappa shape index (κ2) is 6.71. The predicted octanol–water partition coefficient (Wildman–Crippen LogP) is 1.17. The van der Waals surface area contributed by atoms with Crippen LogP contribution in [0.5, 0.6) is 0 Å². The average Bonchev–Trinajstić information content (AvgIpc) is 2.39. The highest BCUT2D eigenvalue weighted by atomic mass is 16.5. The number of hydrogen-bond donors (Lipinski definition) is 1. The highest BCUT2D eigenvalue weighted by Gasteiger charge is 2.09. The monoisotopic (exact) mass is 236 g/mol. The number of morpholine rings is 1. The Balaban J connectivity index is 1.83. The summed E-state index contributed by atoms with van der Waals surface area (Å²) in [7, 11) is 1.72. The van der Waals surface area contributed by atoms with Gasteiger partial charge in [0.1, 0.15) is 0 Å². The van der Waals surface area contributed by atoms with Gasteiger partial charge < -0.3 is 9.47 Å². The summed E-state index contributed by atoms with van der Waals surface area (Å²) in [5.74, 6) is 0. The van der Waals surface area contributed by atoms with Crippen molar-refractivity contribution in [1.82, 2.24) is 10.4 Å². The molecule has 1 fully saturated rings. The zero-order chi connectivity index (χ0) is 11.9. The van der Waals surface area contributed by atoms with Gasteiger partial charge in [-0.05, 0) is 11.1 Å². The Kier molecular flexibility index (Phi) is 4.94. The lowest BCUT2D eigenvalue weighted by Gasteiger charge is -2.27. The molecule has 1 aromatic rings. The number of methoxy groups -OCH3 is 1. The molecule has 0 saturated carbocycles. The van der Waals surface area contributed by atoms with Crippen LogP contribution in [0.25, 0.3) is 0 Å². The molecule has 1 aromatic carbocycles. The number of ether oxygens (including phenoxy) is 2. The van der Waals surface area contributed by atoms with Crippen LogP contribution in [0, 0.1) is 0 Å². The third-order valence-electron chi connectivity index (χ3n) is 2.82. The molecule has 0 amide bonds. The number of hydrazine groups is 1. The largest absolute Gasteiger partial charge is 0.380 e. The van der Waals surface area contributed by atoms with Crippen LogP contribution in [0.2, 0.25) is 0 Å². The highest BCUT2D eigenvalue weighted by molar-refractivity contribution is 5.22. The second-order valence-electron chi connectivity index (χ2n) is 4.19. The Bertz CT molecular complexity index is 338. The Labute approximate surface area is 102 Å². The van der Waals surface area contributed by atoms with Crippen molar-refractivity contribution in [2.75, 3.05) is 33.4 Å². The Morgan fingerprint density at radius 3 is 2.82 bits per heavy atom. The quantitative estimate of drug-likeness (QED) is 0.832. The van der Waals surface area contributed by atoms with Crippen LogP contribution in [0.3, 0.4) is 0 Å². The van der Waals surface area contributed by atoms with E-state index >= 15 is 0 Å². The first-order chi connectivity index (χ1) is 8.38. The zero-order valence-electron chi connectivity index (χ0n) is 10.3. The van der Waals surface area contributed by atoms with E-state index in [0.29, 0.717) is 6.61 Å². The van der Waals surface area contributed by atoms with Crippen LogP contribution < -0.4 is 5.43 Å². The van der Waals surface area contributed by atoms with E-state index in [1.165, 1.54) is 11.1 Å². The topological polar surface area (TPSA) is 33.7 Å². The van der Waals surface area contributed by atoms with Crippen molar-refractivity contribution in [3.05, 3.63) is 35.4 Å². The summed E-state index contributed by atoms with van der Waals surface area (Å²) in [5, 5.41) is 2.21. The summed E-state index contributed by atoms with van der Waals surface area (Å²) in [6, 6.07) is 8.47. The number of hydrogen-bond acceptors (Lipinski definition) is 4. The van der Waals surface area contributed by atoms with Gasteiger partial charge in [-0.3, -0.25) is 5.43 Å². The lowest BCUT2D eigenvalue weighted by Crippen LogP contribution is -2.45. The first kappa shape index (κ1) is 12.5. The van der Waals surface area contributed by atoms with E-state index in [-0.39, 0.29) is 0 Å². The van der Waals surface area contributed by atoms with Crippen LogP contribution in [-0.4, -0.2) is 38.4 Å². The fraction of sp³-hybridized carbons (Fsp3) is 0.538. The molecule has 1 saturated heterocycles. The molecule has 4 nitrogen and oxygen atoms in total. The van der Waals surface area contributed by atoms with E-state index in [0.717, 1.165) is 32.8 Å². The van der Waals surface area contributed by atoms with Crippen molar-refractivity contribution in [2.45, 2.75) is 13.2 Å². The van der Waals surface area contributed by atoms with Gasteiger partial charge in [-0.15, -0.1) is 0 Å². The summed E-state index contributed by atoms with van der Waals surface area (Å²) < 4.78 is 10.4. The molecule has 0 aliphatic carbocycles. The Morgan fingerprint density at radius 1 is 1.29 bits per heavy atom. The zero-order valence-corrected chi connectivity index (χ0v) is 10.3. The average molecular weight is 236 g/mol. The van der Waals surface area contributed by atoms with Crippen molar-refractivity contribution in [3.8, 4) is 0 Å². The molecule has 1 heterocycles. The molecule has 0 radical (unpaired) electrons. The molecule has 1 aliphatic rings. The van der Waals surface area contributed by atoms with Crippen molar-refractivity contribution in [1.29, 1.82) is 0 Å². The SMILES string of the molecule is COCc1cccc(CNN2CCOCC2)c1. The second-order valence-corrected chi connectivity index (χ2v) is 4.19. The highest BCUT2D eigenvalue weighted by Crippen LogP contribution is 2.06. The molecule has 0 aromatic heterocycles. The lowest BCUT2D eigenvalue weighted by atomic mass is 10.1. The van der Waals surface area contributed by atoms with Gasteiger partial charge in [-0.1, -0.05) is 24.3 Å². The van der Waals surface area contributed by atoms with Crippen molar-refractivity contribution in [3.63, 3.8) is 0 Å². The molecule has 0 unspecified atom stereocenters. The molecule has 0 spiro atoms. The lowest BCUT2D eigenvalue weighted by molar-refractivity contribution is 0.0105. The van der Waals surface area contributed by atoms with E-state index in [1.807, 2.05) is 0 Å². The Hall–Kier alpha value is -0.940.